The summed E-state index contributed by atoms with van der Waals surface area (Å²) in [4.78, 5) is 23.2. The summed E-state index contributed by atoms with van der Waals surface area (Å²) >= 11 is 11.6. The maximum atomic E-state index is 11.7. The van der Waals surface area contributed by atoms with Crippen LogP contribution in [-0.2, 0) is 4.74 Å². The van der Waals surface area contributed by atoms with Crippen LogP contribution in [0.2, 0.25) is 5.02 Å². The topological polar surface area (TPSA) is 43.4 Å². The van der Waals surface area contributed by atoms with Crippen LogP contribution in [-0.4, -0.2) is 23.7 Å². The van der Waals surface area contributed by atoms with Crippen LogP contribution in [0.4, 0.5) is 0 Å². The van der Waals surface area contributed by atoms with E-state index in [1.807, 2.05) is 0 Å². The molecule has 92 valence electrons. The van der Waals surface area contributed by atoms with Crippen molar-refractivity contribution in [3.63, 3.8) is 0 Å². The highest BCUT2D eigenvalue weighted by Gasteiger charge is 2.17. The Kier molecular flexibility index (Phi) is 4.97. The van der Waals surface area contributed by atoms with Crippen LogP contribution in [0.1, 0.15) is 34.6 Å². The zero-order valence-electron chi connectivity index (χ0n) is 9.50. The molecule has 0 bridgehead atoms. The molecule has 0 aliphatic heterocycles. The summed E-state index contributed by atoms with van der Waals surface area (Å²) in [7, 11) is 0. The Morgan fingerprint density at radius 1 is 1.41 bits per heavy atom. The molecule has 0 N–H and O–H groups in total. The number of benzene rings is 1. The van der Waals surface area contributed by atoms with Gasteiger partial charge in [-0.2, -0.15) is 0 Å². The Morgan fingerprint density at radius 3 is 2.59 bits per heavy atom. The second-order valence-corrected chi connectivity index (χ2v) is 4.46. The summed E-state index contributed by atoms with van der Waals surface area (Å²) in [5, 5.41) is -0.395. The Hall–Kier alpha value is -1.06. The molecule has 1 atom stereocenters. The zero-order valence-corrected chi connectivity index (χ0v) is 11.0. The lowest BCUT2D eigenvalue weighted by molar-refractivity contribution is 0.0526. The second-order valence-electron chi connectivity index (χ2n) is 3.40. The van der Waals surface area contributed by atoms with Crippen LogP contribution in [0.3, 0.4) is 0 Å². The quantitative estimate of drug-likeness (QED) is 0.481. The van der Waals surface area contributed by atoms with E-state index in [4.69, 9.17) is 27.9 Å². The van der Waals surface area contributed by atoms with Crippen LogP contribution in [0, 0.1) is 0 Å². The normalized spacial score (nSPS) is 12.0. The molecule has 0 aromatic heterocycles. The molecule has 0 aliphatic carbocycles. The maximum Gasteiger partial charge on any atom is 0.339 e. The van der Waals surface area contributed by atoms with Gasteiger partial charge in [-0.05, 0) is 32.0 Å². The highest BCUT2D eigenvalue weighted by atomic mass is 35.5. The number of alkyl halides is 1. The van der Waals surface area contributed by atoms with Gasteiger partial charge >= 0.3 is 5.97 Å². The van der Waals surface area contributed by atoms with Gasteiger partial charge in [0.05, 0.1) is 22.6 Å². The van der Waals surface area contributed by atoms with Crippen molar-refractivity contribution >= 4 is 35.0 Å². The van der Waals surface area contributed by atoms with Crippen molar-refractivity contribution in [2.24, 2.45) is 0 Å². The van der Waals surface area contributed by atoms with E-state index in [1.165, 1.54) is 18.2 Å². The molecule has 17 heavy (non-hydrogen) atoms. The first kappa shape index (κ1) is 14.0. The van der Waals surface area contributed by atoms with E-state index < -0.39 is 11.3 Å². The average molecular weight is 275 g/mol. The molecule has 5 heteroatoms. The summed E-state index contributed by atoms with van der Waals surface area (Å²) in [5.74, 6) is -0.803. The molecule has 0 saturated carbocycles. The largest absolute Gasteiger partial charge is 0.462 e. The predicted molar refractivity (Wildman–Crippen MR) is 67.1 cm³/mol. The molecule has 3 nitrogen and oxygen atoms in total. The first-order chi connectivity index (χ1) is 7.97. The molecule has 1 aromatic rings. The summed E-state index contributed by atoms with van der Waals surface area (Å²) in [6, 6.07) is 4.42. The number of carbonyl (C=O) groups excluding carboxylic acids is 2. The first-order valence-electron chi connectivity index (χ1n) is 5.12. The second kappa shape index (κ2) is 6.03. The number of carbonyl (C=O) groups is 2. The minimum Gasteiger partial charge on any atom is -0.462 e. The van der Waals surface area contributed by atoms with Gasteiger partial charge in [-0.15, -0.1) is 11.6 Å². The molecule has 0 saturated heterocycles. The van der Waals surface area contributed by atoms with Crippen LogP contribution < -0.4 is 0 Å². The third kappa shape index (κ3) is 3.45. The van der Waals surface area contributed by atoms with E-state index in [2.05, 4.69) is 0 Å². The lowest BCUT2D eigenvalue weighted by Gasteiger charge is -2.07. The fraction of sp³-hybridized carbons (Fsp3) is 0.333. The Bertz CT molecular complexity index is 441. The minimum atomic E-state index is -0.647. The fourth-order valence-electron chi connectivity index (χ4n) is 1.27. The van der Waals surface area contributed by atoms with E-state index in [9.17, 15) is 9.59 Å². The van der Waals surface area contributed by atoms with E-state index in [1.54, 1.807) is 13.8 Å². The molecule has 0 spiro atoms. The fourth-order valence-corrected chi connectivity index (χ4v) is 1.59. The van der Waals surface area contributed by atoms with Crippen LogP contribution >= 0.6 is 23.2 Å². The van der Waals surface area contributed by atoms with E-state index >= 15 is 0 Å². The van der Waals surface area contributed by atoms with E-state index in [0.29, 0.717) is 5.56 Å². The van der Waals surface area contributed by atoms with Crippen molar-refractivity contribution in [2.75, 3.05) is 6.61 Å². The molecular formula is C12H12Cl2O3. The Morgan fingerprint density at radius 2 is 2.06 bits per heavy atom. The van der Waals surface area contributed by atoms with Crippen molar-refractivity contribution in [3.8, 4) is 0 Å². The van der Waals surface area contributed by atoms with Gasteiger partial charge in [0, 0.05) is 5.56 Å². The molecule has 0 amide bonds. The van der Waals surface area contributed by atoms with E-state index in [0.717, 1.165) is 0 Å². The van der Waals surface area contributed by atoms with Crippen molar-refractivity contribution < 1.29 is 14.3 Å². The predicted octanol–water partition coefficient (Wildman–Crippen LogP) is 3.33. The number of hydrogen-bond acceptors (Lipinski definition) is 3. The molecule has 0 heterocycles. The van der Waals surface area contributed by atoms with Crippen molar-refractivity contribution in [1.29, 1.82) is 0 Å². The number of ketones is 1. The zero-order chi connectivity index (χ0) is 13.0. The number of esters is 1. The summed E-state index contributed by atoms with van der Waals surface area (Å²) in [6.07, 6.45) is 0. The van der Waals surface area contributed by atoms with Gasteiger partial charge in [-0.25, -0.2) is 4.79 Å². The summed E-state index contributed by atoms with van der Waals surface area (Å²) in [6.45, 7) is 3.52. The molecule has 0 fully saturated rings. The molecule has 0 radical (unpaired) electrons. The summed E-state index contributed by atoms with van der Waals surface area (Å²) in [5.41, 5.74) is 0.525. The first-order valence-corrected chi connectivity index (χ1v) is 5.93. The maximum absolute atomic E-state index is 11.7. The lowest BCUT2D eigenvalue weighted by Crippen LogP contribution is -2.12. The number of rotatable bonds is 4. The number of ether oxygens (including phenoxy) is 1. The lowest BCUT2D eigenvalue weighted by atomic mass is 10.1. The smallest absolute Gasteiger partial charge is 0.339 e. The van der Waals surface area contributed by atoms with Gasteiger partial charge in [0.1, 0.15) is 0 Å². The van der Waals surface area contributed by atoms with Crippen molar-refractivity contribution in [2.45, 2.75) is 19.2 Å². The van der Waals surface area contributed by atoms with Crippen LogP contribution in [0.5, 0.6) is 0 Å². The molecular weight excluding hydrogens is 263 g/mol. The van der Waals surface area contributed by atoms with Gasteiger partial charge in [-0.3, -0.25) is 4.79 Å². The number of halogens is 2. The third-order valence-corrected chi connectivity index (χ3v) is 2.64. The van der Waals surface area contributed by atoms with Crippen molar-refractivity contribution in [3.05, 3.63) is 34.3 Å². The standard InChI is InChI=1S/C12H12Cl2O3/c1-3-17-12(16)9-6-8(4-5-10(9)14)11(15)7(2)13/h4-7H,3H2,1-2H3. The monoisotopic (exact) mass is 274 g/mol. The van der Waals surface area contributed by atoms with Crippen molar-refractivity contribution in [1.82, 2.24) is 0 Å². The minimum absolute atomic E-state index is 0.177. The van der Waals surface area contributed by atoms with Gasteiger partial charge in [0.15, 0.2) is 5.78 Å². The van der Waals surface area contributed by atoms with Crippen LogP contribution in [0.25, 0.3) is 0 Å². The van der Waals surface area contributed by atoms with Gasteiger partial charge in [0.2, 0.25) is 0 Å². The van der Waals surface area contributed by atoms with E-state index in [-0.39, 0.29) is 23.0 Å². The van der Waals surface area contributed by atoms with Gasteiger partial charge in [0.25, 0.3) is 0 Å². The molecule has 1 aromatic carbocycles. The Balaban J connectivity index is 3.10. The molecule has 1 unspecified atom stereocenters. The Labute approximate surface area is 110 Å². The molecule has 1 rings (SSSR count). The van der Waals surface area contributed by atoms with Gasteiger partial charge < -0.3 is 4.74 Å². The number of Topliss-reactive ketones (excluding diaryl/α,β-unsaturated/α-hetero) is 1. The highest BCUT2D eigenvalue weighted by Crippen LogP contribution is 2.20. The number of hydrogen-bond donors (Lipinski definition) is 0. The summed E-state index contributed by atoms with van der Waals surface area (Å²) < 4.78 is 4.84. The third-order valence-electron chi connectivity index (χ3n) is 2.11. The van der Waals surface area contributed by atoms with Gasteiger partial charge in [-0.1, -0.05) is 11.6 Å². The molecule has 0 aliphatic rings. The average Bonchev–Trinajstić information content (AvgIpc) is 2.28. The SMILES string of the molecule is CCOC(=O)c1cc(C(=O)C(C)Cl)ccc1Cl. The highest BCUT2D eigenvalue weighted by molar-refractivity contribution is 6.35. The van der Waals surface area contributed by atoms with Crippen LogP contribution in [0.15, 0.2) is 18.2 Å².